The van der Waals surface area contributed by atoms with Crippen molar-refractivity contribution in [2.45, 2.75) is 86.1 Å². The van der Waals surface area contributed by atoms with Crippen LogP contribution >= 0.6 is 0 Å². The summed E-state index contributed by atoms with van der Waals surface area (Å²) < 4.78 is 72.9. The highest BCUT2D eigenvalue weighted by Gasteiger charge is 2.50. The molecule has 4 saturated heterocycles. The molecule has 13 nitrogen and oxygen atoms in total. The van der Waals surface area contributed by atoms with E-state index in [0.717, 1.165) is 54.7 Å². The summed E-state index contributed by atoms with van der Waals surface area (Å²) in [7, 11) is -3.90. The maximum Gasteiger partial charge on any atom is 0.319 e. The molecule has 3 aromatic heterocycles. The topological polar surface area (TPSA) is 140 Å². The number of anilines is 1. The van der Waals surface area contributed by atoms with Gasteiger partial charge >= 0.3 is 6.01 Å². The molecule has 1 saturated carbocycles. The van der Waals surface area contributed by atoms with Gasteiger partial charge in [0.25, 0.3) is 10.0 Å². The molecule has 2 bridgehead atoms. The van der Waals surface area contributed by atoms with Crippen LogP contribution in [0, 0.1) is 24.0 Å². The number of piperazine rings is 1. The van der Waals surface area contributed by atoms with Gasteiger partial charge in [-0.2, -0.15) is 18.4 Å². The van der Waals surface area contributed by atoms with Crippen LogP contribution in [0.3, 0.4) is 0 Å². The van der Waals surface area contributed by atoms with E-state index >= 15 is 4.39 Å². The van der Waals surface area contributed by atoms with Crippen LogP contribution in [0.25, 0.3) is 32.9 Å². The smallest absolute Gasteiger partial charge is 0.319 e. The zero-order chi connectivity index (χ0) is 41.5. The zero-order valence-corrected chi connectivity index (χ0v) is 34.1. The van der Waals surface area contributed by atoms with Gasteiger partial charge in [-0.05, 0) is 80.6 Å². The SMILES string of the molecule is C#Cc1c(F)ccc2cccc(-c3ncc4c(N5C[C@H]6CC[C@@H](C5)N6)nc(OC[C@@]56CCCN5C[C@@H](OCc5cccc(S(=O)(=O)n7cnc(C8CC8)n7)c5)C6)nc4c3F)c12. The molecular formula is C45H43F2N9O4S. The van der Waals surface area contributed by atoms with Crippen molar-refractivity contribution in [1.29, 1.82) is 0 Å². The van der Waals surface area contributed by atoms with Gasteiger partial charge in [0.1, 0.15) is 35.8 Å². The molecule has 1 aliphatic carbocycles. The number of benzene rings is 3. The van der Waals surface area contributed by atoms with Crippen LogP contribution in [0.15, 0.2) is 72.0 Å². The van der Waals surface area contributed by atoms with Gasteiger partial charge in [0.15, 0.2) is 11.6 Å². The van der Waals surface area contributed by atoms with Crippen molar-refractivity contribution in [2.75, 3.05) is 37.7 Å². The molecule has 16 heteroatoms. The second-order valence-electron chi connectivity index (χ2n) is 17.1. The van der Waals surface area contributed by atoms with Gasteiger partial charge in [-0.3, -0.25) is 9.88 Å². The predicted molar refractivity (Wildman–Crippen MR) is 224 cm³/mol. The lowest BCUT2D eigenvalue weighted by Crippen LogP contribution is -2.51. The largest absolute Gasteiger partial charge is 0.461 e. The number of ether oxygens (including phenoxy) is 2. The van der Waals surface area contributed by atoms with Crippen LogP contribution < -0.4 is 15.0 Å². The maximum absolute atomic E-state index is 17.1. The van der Waals surface area contributed by atoms with E-state index in [1.165, 1.54) is 12.4 Å². The van der Waals surface area contributed by atoms with E-state index in [1.807, 2.05) is 12.1 Å². The summed E-state index contributed by atoms with van der Waals surface area (Å²) in [6, 6.07) is 15.6. The van der Waals surface area contributed by atoms with Crippen molar-refractivity contribution in [3.63, 3.8) is 0 Å². The molecule has 6 aromatic rings. The number of hydrogen-bond acceptors (Lipinski definition) is 12. The van der Waals surface area contributed by atoms with E-state index in [9.17, 15) is 12.8 Å². The Kier molecular flexibility index (Phi) is 9.30. The molecule has 5 aliphatic rings. The fourth-order valence-electron chi connectivity index (χ4n) is 9.98. The molecule has 4 atom stereocenters. The third-order valence-electron chi connectivity index (χ3n) is 13.2. The Bertz CT molecular complexity index is 2870. The molecule has 0 radical (unpaired) electrons. The Morgan fingerprint density at radius 2 is 1.82 bits per heavy atom. The van der Waals surface area contributed by atoms with Crippen molar-refractivity contribution in [2.24, 2.45) is 0 Å². The molecule has 11 rings (SSSR count). The molecule has 7 heterocycles. The fraction of sp³-hybridized carbons (Fsp3) is 0.400. The van der Waals surface area contributed by atoms with E-state index in [-0.39, 0.29) is 58.5 Å². The van der Waals surface area contributed by atoms with Crippen LogP contribution in [-0.4, -0.2) is 99.0 Å². The Morgan fingerprint density at radius 3 is 2.64 bits per heavy atom. The number of fused-ring (bicyclic) bond motifs is 5. The molecule has 3 aromatic carbocycles. The first-order valence-corrected chi connectivity index (χ1v) is 22.4. The zero-order valence-electron chi connectivity index (χ0n) is 33.3. The summed E-state index contributed by atoms with van der Waals surface area (Å²) in [4.78, 5) is 23.2. The summed E-state index contributed by atoms with van der Waals surface area (Å²) >= 11 is 0. The molecular weight excluding hydrogens is 801 g/mol. The number of nitrogens with zero attached hydrogens (tertiary/aromatic N) is 8. The monoisotopic (exact) mass is 843 g/mol. The summed E-state index contributed by atoms with van der Waals surface area (Å²) in [6.07, 6.45) is 15.1. The normalized spacial score (nSPS) is 23.8. The predicted octanol–water partition coefficient (Wildman–Crippen LogP) is 5.95. The second-order valence-corrected chi connectivity index (χ2v) is 18.9. The van der Waals surface area contributed by atoms with E-state index in [4.69, 9.17) is 25.9 Å². The first kappa shape index (κ1) is 38.3. The lowest BCUT2D eigenvalue weighted by molar-refractivity contribution is 0.0439. The minimum Gasteiger partial charge on any atom is -0.461 e. The van der Waals surface area contributed by atoms with Crippen molar-refractivity contribution in [1.82, 2.24) is 39.3 Å². The van der Waals surface area contributed by atoms with Crippen LogP contribution in [0.5, 0.6) is 6.01 Å². The van der Waals surface area contributed by atoms with Gasteiger partial charge in [-0.1, -0.05) is 42.3 Å². The van der Waals surface area contributed by atoms with Crippen molar-refractivity contribution < 1.29 is 26.7 Å². The minimum atomic E-state index is -3.90. The molecule has 0 spiro atoms. The number of hydrogen-bond donors (Lipinski definition) is 1. The summed E-state index contributed by atoms with van der Waals surface area (Å²) in [5.74, 6) is 2.59. The number of aromatic nitrogens is 6. The lowest BCUT2D eigenvalue weighted by Gasteiger charge is -2.34. The summed E-state index contributed by atoms with van der Waals surface area (Å²) in [5, 5.41) is 9.45. The minimum absolute atomic E-state index is 0.0109. The summed E-state index contributed by atoms with van der Waals surface area (Å²) in [5.41, 5.74) is 0.877. The van der Waals surface area contributed by atoms with Crippen LogP contribution in [0.1, 0.15) is 67.8 Å². The number of pyridine rings is 1. The highest BCUT2D eigenvalue weighted by molar-refractivity contribution is 7.89. The summed E-state index contributed by atoms with van der Waals surface area (Å²) in [6.45, 7) is 3.47. The van der Waals surface area contributed by atoms with Crippen molar-refractivity contribution in [3.05, 3.63) is 95.7 Å². The molecule has 5 fully saturated rings. The molecule has 312 valence electrons. The van der Waals surface area contributed by atoms with Gasteiger partial charge in [0.2, 0.25) is 0 Å². The number of terminal acetylenes is 1. The number of rotatable bonds is 11. The number of nitrogens with one attached hydrogen (secondary N) is 1. The molecule has 1 N–H and O–H groups in total. The average molecular weight is 844 g/mol. The van der Waals surface area contributed by atoms with E-state index < -0.39 is 21.7 Å². The highest BCUT2D eigenvalue weighted by Crippen LogP contribution is 2.42. The van der Waals surface area contributed by atoms with Crippen LogP contribution in [0.4, 0.5) is 14.6 Å². The second kappa shape index (κ2) is 14.8. The molecule has 0 amide bonds. The van der Waals surface area contributed by atoms with Crippen molar-refractivity contribution >= 4 is 37.5 Å². The highest BCUT2D eigenvalue weighted by atomic mass is 32.2. The first-order valence-electron chi connectivity index (χ1n) is 21.0. The third kappa shape index (κ3) is 6.78. The quantitative estimate of drug-likeness (QED) is 0.154. The van der Waals surface area contributed by atoms with E-state index in [0.29, 0.717) is 71.5 Å². The molecule has 61 heavy (non-hydrogen) atoms. The van der Waals surface area contributed by atoms with Gasteiger partial charge in [0.05, 0.1) is 34.1 Å². The van der Waals surface area contributed by atoms with E-state index in [1.54, 1.807) is 42.6 Å². The van der Waals surface area contributed by atoms with Gasteiger partial charge in [-0.15, -0.1) is 15.6 Å². The molecule has 4 aliphatic heterocycles. The van der Waals surface area contributed by atoms with Crippen molar-refractivity contribution in [3.8, 4) is 29.6 Å². The average Bonchev–Trinajstić information content (AvgIpc) is 3.53. The van der Waals surface area contributed by atoms with Crippen LogP contribution in [0.2, 0.25) is 0 Å². The number of halogens is 2. The van der Waals surface area contributed by atoms with Gasteiger partial charge < -0.3 is 19.7 Å². The maximum atomic E-state index is 17.1. The fourth-order valence-corrected chi connectivity index (χ4v) is 11.1. The van der Waals surface area contributed by atoms with E-state index in [2.05, 4.69) is 36.1 Å². The van der Waals surface area contributed by atoms with Gasteiger partial charge in [0, 0.05) is 54.8 Å². The van der Waals surface area contributed by atoms with Gasteiger partial charge in [-0.25, -0.2) is 13.8 Å². The standard InChI is InChI=1S/C45H43F2N9O4S/c1-2-34-37(46)15-12-28-7-4-9-35(38(28)34)40-39(47)41-36(20-48-40)43(54-21-30-13-14-31(22-54)50-30)52-44(51-41)60-25-45-16-5-17-55(45)23-32(19-45)59-24-27-6-3-8-33(18-27)61(57,58)56-26-49-42(53-56)29-10-11-29/h1,3-4,6-9,12,15,18,20,26,29-32,50H,5,10-11,13-14,16-17,19,21-25H2/t30-,31+,32-,45-/m0/s1. The Hall–Kier alpha value is -5.60. The molecule has 0 unspecified atom stereocenters. The Labute approximate surface area is 351 Å². The van der Waals surface area contributed by atoms with Crippen LogP contribution in [-0.2, 0) is 21.4 Å². The lowest BCUT2D eigenvalue weighted by atomic mass is 9.94. The third-order valence-corrected chi connectivity index (χ3v) is 14.7. The Morgan fingerprint density at radius 1 is 0.984 bits per heavy atom. The Balaban J connectivity index is 0.864. The first-order chi connectivity index (χ1) is 29.7.